The fourth-order valence-electron chi connectivity index (χ4n) is 2.09. The Kier molecular flexibility index (Phi) is 8.34. The summed E-state index contributed by atoms with van der Waals surface area (Å²) in [5.41, 5.74) is 6.01. The third kappa shape index (κ3) is 7.39. The highest BCUT2D eigenvalue weighted by Crippen LogP contribution is 2.27. The number of amides is 3. The second-order valence-corrected chi connectivity index (χ2v) is 5.04. The number of benzene rings is 1. The summed E-state index contributed by atoms with van der Waals surface area (Å²) in [6.07, 6.45) is 2.59. The highest BCUT2D eigenvalue weighted by molar-refractivity contribution is 5.75. The second-order valence-electron chi connectivity index (χ2n) is 5.04. The third-order valence-corrected chi connectivity index (χ3v) is 3.31. The monoisotopic (exact) mass is 323 g/mol. The van der Waals surface area contributed by atoms with Gasteiger partial charge in [0, 0.05) is 19.5 Å². The molecule has 128 valence electrons. The number of nitrogens with two attached hydrogens (primary N) is 1. The van der Waals surface area contributed by atoms with Crippen molar-refractivity contribution in [2.24, 2.45) is 5.73 Å². The molecule has 0 aliphatic heterocycles. The van der Waals surface area contributed by atoms with Gasteiger partial charge in [-0.15, -0.1) is 0 Å². The smallest absolute Gasteiger partial charge is 0.312 e. The molecule has 0 bridgehead atoms. The van der Waals surface area contributed by atoms with Gasteiger partial charge < -0.3 is 25.8 Å². The molecule has 4 N–H and O–H groups in total. The van der Waals surface area contributed by atoms with Crippen LogP contribution in [0.4, 0.5) is 4.79 Å². The standard InChI is InChI=1S/C16H25N3O4/c1-22-13-7-6-12(11-14(13)23-2)8-10-18-15(20)5-3-4-9-19-16(17)21/h6-7,11H,3-5,8-10H2,1-2H3,(H,18,20)(H3,17,19,21). The van der Waals surface area contributed by atoms with Crippen LogP contribution in [0.3, 0.4) is 0 Å². The fraction of sp³-hybridized carbons (Fsp3) is 0.500. The molecule has 0 heterocycles. The van der Waals surface area contributed by atoms with Crippen molar-refractivity contribution in [3.8, 4) is 11.5 Å². The highest BCUT2D eigenvalue weighted by Gasteiger charge is 2.05. The van der Waals surface area contributed by atoms with Crippen LogP contribution in [0.25, 0.3) is 0 Å². The maximum atomic E-state index is 11.7. The topological polar surface area (TPSA) is 103 Å². The zero-order valence-electron chi connectivity index (χ0n) is 13.7. The molecule has 1 rings (SSSR count). The first-order valence-corrected chi connectivity index (χ1v) is 7.57. The van der Waals surface area contributed by atoms with Crippen LogP contribution in [0.1, 0.15) is 24.8 Å². The third-order valence-electron chi connectivity index (χ3n) is 3.31. The Labute approximate surface area is 136 Å². The molecular weight excluding hydrogens is 298 g/mol. The van der Waals surface area contributed by atoms with Gasteiger partial charge in [0.05, 0.1) is 14.2 Å². The Morgan fingerprint density at radius 1 is 1.04 bits per heavy atom. The van der Waals surface area contributed by atoms with Crippen molar-refractivity contribution in [1.82, 2.24) is 10.6 Å². The highest BCUT2D eigenvalue weighted by atomic mass is 16.5. The Morgan fingerprint density at radius 2 is 1.78 bits per heavy atom. The van der Waals surface area contributed by atoms with E-state index < -0.39 is 6.03 Å². The number of primary amides is 1. The number of hydrogen-bond acceptors (Lipinski definition) is 4. The molecule has 0 unspecified atom stereocenters. The number of unbranched alkanes of at least 4 members (excludes halogenated alkanes) is 1. The van der Waals surface area contributed by atoms with E-state index >= 15 is 0 Å². The predicted octanol–water partition coefficient (Wildman–Crippen LogP) is 1.20. The maximum absolute atomic E-state index is 11.7. The lowest BCUT2D eigenvalue weighted by Crippen LogP contribution is -2.30. The van der Waals surface area contributed by atoms with Crippen molar-refractivity contribution in [3.05, 3.63) is 23.8 Å². The van der Waals surface area contributed by atoms with E-state index in [1.165, 1.54) is 0 Å². The van der Waals surface area contributed by atoms with Crippen molar-refractivity contribution in [2.75, 3.05) is 27.3 Å². The van der Waals surface area contributed by atoms with Crippen LogP contribution in [0.15, 0.2) is 18.2 Å². The predicted molar refractivity (Wildman–Crippen MR) is 87.7 cm³/mol. The Hall–Kier alpha value is -2.44. The molecule has 0 atom stereocenters. The molecule has 23 heavy (non-hydrogen) atoms. The first-order valence-electron chi connectivity index (χ1n) is 7.57. The summed E-state index contributed by atoms with van der Waals surface area (Å²) >= 11 is 0. The molecule has 3 amide bonds. The van der Waals surface area contributed by atoms with Crippen molar-refractivity contribution in [2.45, 2.75) is 25.7 Å². The summed E-state index contributed by atoms with van der Waals surface area (Å²) in [6.45, 7) is 1.06. The van der Waals surface area contributed by atoms with Gasteiger partial charge in [0.15, 0.2) is 11.5 Å². The van der Waals surface area contributed by atoms with Crippen LogP contribution in [0.5, 0.6) is 11.5 Å². The quantitative estimate of drug-likeness (QED) is 0.563. The van der Waals surface area contributed by atoms with Gasteiger partial charge in [0.25, 0.3) is 0 Å². The lowest BCUT2D eigenvalue weighted by molar-refractivity contribution is -0.121. The minimum Gasteiger partial charge on any atom is -0.493 e. The molecule has 1 aromatic carbocycles. The molecule has 0 aromatic heterocycles. The number of methoxy groups -OCH3 is 2. The van der Waals surface area contributed by atoms with Gasteiger partial charge in [-0.2, -0.15) is 0 Å². The summed E-state index contributed by atoms with van der Waals surface area (Å²) in [7, 11) is 3.19. The van der Waals surface area contributed by atoms with Gasteiger partial charge in [-0.05, 0) is 37.0 Å². The van der Waals surface area contributed by atoms with Crippen LogP contribution in [-0.4, -0.2) is 39.2 Å². The van der Waals surface area contributed by atoms with Crippen LogP contribution >= 0.6 is 0 Å². The first-order chi connectivity index (χ1) is 11.1. The molecule has 7 nitrogen and oxygen atoms in total. The molecule has 7 heteroatoms. The number of hydrogen-bond donors (Lipinski definition) is 3. The molecular formula is C16H25N3O4. The number of ether oxygens (including phenoxy) is 2. The van der Waals surface area contributed by atoms with E-state index in [-0.39, 0.29) is 5.91 Å². The molecule has 0 saturated carbocycles. The van der Waals surface area contributed by atoms with E-state index in [1.54, 1.807) is 14.2 Å². The van der Waals surface area contributed by atoms with Gasteiger partial charge in [-0.1, -0.05) is 6.07 Å². The average Bonchev–Trinajstić information content (AvgIpc) is 2.54. The van der Waals surface area contributed by atoms with E-state index in [9.17, 15) is 9.59 Å². The molecule has 0 saturated heterocycles. The molecule has 1 aromatic rings. The van der Waals surface area contributed by atoms with Gasteiger partial charge in [0.2, 0.25) is 5.91 Å². The van der Waals surface area contributed by atoms with E-state index in [4.69, 9.17) is 15.2 Å². The van der Waals surface area contributed by atoms with Crippen LogP contribution in [0, 0.1) is 0 Å². The maximum Gasteiger partial charge on any atom is 0.312 e. The molecule has 0 fully saturated rings. The van der Waals surface area contributed by atoms with Gasteiger partial charge in [0.1, 0.15) is 0 Å². The summed E-state index contributed by atoms with van der Waals surface area (Å²) in [6, 6.07) is 5.16. The summed E-state index contributed by atoms with van der Waals surface area (Å²) in [4.78, 5) is 22.2. The molecule has 0 aliphatic carbocycles. The number of rotatable bonds is 10. The van der Waals surface area contributed by atoms with E-state index in [0.29, 0.717) is 37.4 Å². The van der Waals surface area contributed by atoms with Crippen LogP contribution in [0.2, 0.25) is 0 Å². The zero-order valence-corrected chi connectivity index (χ0v) is 13.7. The SMILES string of the molecule is COc1ccc(CCNC(=O)CCCCNC(N)=O)cc1OC. The Bertz CT molecular complexity index is 520. The van der Waals surface area contributed by atoms with E-state index in [2.05, 4.69) is 10.6 Å². The summed E-state index contributed by atoms with van der Waals surface area (Å²) in [5.74, 6) is 1.37. The summed E-state index contributed by atoms with van der Waals surface area (Å²) < 4.78 is 10.4. The van der Waals surface area contributed by atoms with E-state index in [0.717, 1.165) is 18.4 Å². The zero-order chi connectivity index (χ0) is 17.1. The lowest BCUT2D eigenvalue weighted by Gasteiger charge is -2.10. The molecule has 0 aliphatic rings. The number of carbonyl (C=O) groups excluding carboxylic acids is 2. The summed E-state index contributed by atoms with van der Waals surface area (Å²) in [5, 5.41) is 5.36. The van der Waals surface area contributed by atoms with Crippen molar-refractivity contribution in [3.63, 3.8) is 0 Å². The lowest BCUT2D eigenvalue weighted by atomic mass is 10.1. The average molecular weight is 323 g/mol. The normalized spacial score (nSPS) is 10.0. The number of nitrogens with one attached hydrogen (secondary N) is 2. The van der Waals surface area contributed by atoms with E-state index in [1.807, 2.05) is 18.2 Å². The minimum atomic E-state index is -0.538. The fourth-order valence-corrected chi connectivity index (χ4v) is 2.09. The van der Waals surface area contributed by atoms with Crippen molar-refractivity contribution in [1.29, 1.82) is 0 Å². The van der Waals surface area contributed by atoms with Crippen LogP contribution in [-0.2, 0) is 11.2 Å². The van der Waals surface area contributed by atoms with Gasteiger partial charge >= 0.3 is 6.03 Å². The minimum absolute atomic E-state index is 0.00421. The Balaban J connectivity index is 2.23. The van der Waals surface area contributed by atoms with Crippen molar-refractivity contribution < 1.29 is 19.1 Å². The number of carbonyl (C=O) groups is 2. The molecule has 0 spiro atoms. The van der Waals surface area contributed by atoms with Crippen LogP contribution < -0.4 is 25.8 Å². The van der Waals surface area contributed by atoms with Gasteiger partial charge in [-0.25, -0.2) is 4.79 Å². The first kappa shape index (κ1) is 18.6. The second kappa shape index (κ2) is 10.3. The molecule has 0 radical (unpaired) electrons. The largest absolute Gasteiger partial charge is 0.493 e. The Morgan fingerprint density at radius 3 is 2.43 bits per heavy atom. The van der Waals surface area contributed by atoms with Gasteiger partial charge in [-0.3, -0.25) is 4.79 Å². The van der Waals surface area contributed by atoms with Crippen molar-refractivity contribution >= 4 is 11.9 Å². The number of urea groups is 1.